The Morgan fingerprint density at radius 2 is 1.41 bits per heavy atom. The highest BCUT2D eigenvalue weighted by molar-refractivity contribution is 5.97. The molecular weight excluding hydrogens is 347 g/mol. The van der Waals surface area contributed by atoms with Gasteiger partial charge in [-0.05, 0) is 49.2 Å². The van der Waals surface area contributed by atoms with Crippen molar-refractivity contribution in [2.45, 2.75) is 13.8 Å². The highest BCUT2D eigenvalue weighted by Crippen LogP contribution is 2.25. The lowest BCUT2D eigenvalue weighted by Gasteiger charge is -2.35. The summed E-state index contributed by atoms with van der Waals surface area (Å²) in [6.45, 7) is 5.44. The summed E-state index contributed by atoms with van der Waals surface area (Å²) in [5.41, 5.74) is 2.54. The average Bonchev–Trinajstić information content (AvgIpc) is 2.69. The van der Waals surface area contributed by atoms with Gasteiger partial charge in [0.25, 0.3) is 11.8 Å². The first kappa shape index (κ1) is 18.9. The van der Waals surface area contributed by atoms with Crippen molar-refractivity contribution in [1.82, 2.24) is 9.80 Å². The summed E-state index contributed by atoms with van der Waals surface area (Å²) in [4.78, 5) is 28.7. The SMILES string of the molecule is COc1ccc(C(=O)N2CCN(C(=O)c3ccccc3F)CC2)c(C)c1C. The largest absolute Gasteiger partial charge is 0.496 e. The molecule has 1 aliphatic rings. The van der Waals surface area contributed by atoms with Gasteiger partial charge in [-0.15, -0.1) is 0 Å². The van der Waals surface area contributed by atoms with Crippen molar-refractivity contribution in [2.75, 3.05) is 33.3 Å². The number of benzene rings is 2. The van der Waals surface area contributed by atoms with Gasteiger partial charge in [-0.1, -0.05) is 12.1 Å². The van der Waals surface area contributed by atoms with E-state index in [9.17, 15) is 14.0 Å². The maximum atomic E-state index is 13.8. The average molecular weight is 370 g/mol. The normalized spacial score (nSPS) is 14.2. The lowest BCUT2D eigenvalue weighted by molar-refractivity contribution is 0.0532. The van der Waals surface area contributed by atoms with Crippen molar-refractivity contribution in [1.29, 1.82) is 0 Å². The molecule has 1 aliphatic heterocycles. The number of piperazine rings is 1. The second-order valence-corrected chi connectivity index (χ2v) is 6.63. The predicted molar refractivity (Wildman–Crippen MR) is 101 cm³/mol. The van der Waals surface area contributed by atoms with Gasteiger partial charge in [0, 0.05) is 31.7 Å². The third-order valence-corrected chi connectivity index (χ3v) is 5.15. The first-order chi connectivity index (χ1) is 12.9. The predicted octanol–water partition coefficient (Wildman–Crippen LogP) is 3.05. The van der Waals surface area contributed by atoms with Crippen LogP contribution in [0, 0.1) is 19.7 Å². The number of carbonyl (C=O) groups is 2. The van der Waals surface area contributed by atoms with E-state index in [-0.39, 0.29) is 17.4 Å². The van der Waals surface area contributed by atoms with E-state index >= 15 is 0 Å². The van der Waals surface area contributed by atoms with Gasteiger partial charge in [-0.2, -0.15) is 0 Å². The van der Waals surface area contributed by atoms with Crippen LogP contribution in [0.4, 0.5) is 4.39 Å². The lowest BCUT2D eigenvalue weighted by Crippen LogP contribution is -2.50. The molecule has 5 nitrogen and oxygen atoms in total. The molecule has 1 saturated heterocycles. The van der Waals surface area contributed by atoms with Crippen LogP contribution in [0.1, 0.15) is 31.8 Å². The number of rotatable bonds is 3. The van der Waals surface area contributed by atoms with E-state index in [2.05, 4.69) is 0 Å². The molecule has 0 aromatic heterocycles. The van der Waals surface area contributed by atoms with Crippen LogP contribution in [0.25, 0.3) is 0 Å². The number of hydrogen-bond acceptors (Lipinski definition) is 3. The maximum absolute atomic E-state index is 13.8. The summed E-state index contributed by atoms with van der Waals surface area (Å²) in [6, 6.07) is 9.54. The van der Waals surface area contributed by atoms with Gasteiger partial charge in [0.05, 0.1) is 12.7 Å². The van der Waals surface area contributed by atoms with Crippen LogP contribution in [-0.2, 0) is 0 Å². The van der Waals surface area contributed by atoms with Gasteiger partial charge >= 0.3 is 0 Å². The Hall–Kier alpha value is -2.89. The number of hydrogen-bond donors (Lipinski definition) is 0. The van der Waals surface area contributed by atoms with Crippen molar-refractivity contribution < 1.29 is 18.7 Å². The highest BCUT2D eigenvalue weighted by atomic mass is 19.1. The van der Waals surface area contributed by atoms with Gasteiger partial charge in [0.15, 0.2) is 0 Å². The molecule has 2 amide bonds. The zero-order chi connectivity index (χ0) is 19.6. The first-order valence-corrected chi connectivity index (χ1v) is 8.91. The quantitative estimate of drug-likeness (QED) is 0.834. The van der Waals surface area contributed by atoms with Crippen LogP contribution in [0.5, 0.6) is 5.75 Å². The summed E-state index contributed by atoms with van der Waals surface area (Å²) >= 11 is 0. The zero-order valence-corrected chi connectivity index (χ0v) is 15.8. The molecule has 27 heavy (non-hydrogen) atoms. The molecule has 0 radical (unpaired) electrons. The Morgan fingerprint density at radius 3 is 1.96 bits per heavy atom. The van der Waals surface area contributed by atoms with Crippen molar-refractivity contribution >= 4 is 11.8 Å². The molecule has 0 N–H and O–H groups in total. The topological polar surface area (TPSA) is 49.9 Å². The molecule has 6 heteroatoms. The van der Waals surface area contributed by atoms with E-state index in [1.54, 1.807) is 41.2 Å². The van der Waals surface area contributed by atoms with E-state index in [0.29, 0.717) is 31.7 Å². The third-order valence-electron chi connectivity index (χ3n) is 5.15. The summed E-state index contributed by atoms with van der Waals surface area (Å²) in [6.07, 6.45) is 0. The second kappa shape index (κ2) is 7.78. The fourth-order valence-corrected chi connectivity index (χ4v) is 3.34. The van der Waals surface area contributed by atoms with Crippen LogP contribution >= 0.6 is 0 Å². The van der Waals surface area contributed by atoms with Crippen molar-refractivity contribution in [3.8, 4) is 5.75 Å². The van der Waals surface area contributed by atoms with E-state index in [0.717, 1.165) is 16.9 Å². The number of methoxy groups -OCH3 is 1. The molecule has 2 aromatic carbocycles. The molecule has 0 atom stereocenters. The zero-order valence-electron chi connectivity index (χ0n) is 15.8. The Labute approximate surface area is 158 Å². The summed E-state index contributed by atoms with van der Waals surface area (Å²) < 4.78 is 19.1. The van der Waals surface area contributed by atoms with E-state index in [4.69, 9.17) is 4.74 Å². The standard InChI is InChI=1S/C21H23FN2O3/c1-14-15(2)19(27-3)9-8-16(14)20(25)23-10-12-24(13-11-23)21(26)17-6-4-5-7-18(17)22/h4-9H,10-13H2,1-3H3. The Bertz CT molecular complexity index is 874. The van der Waals surface area contributed by atoms with Gasteiger partial charge in [0.2, 0.25) is 0 Å². The molecule has 0 bridgehead atoms. The van der Waals surface area contributed by atoms with Crippen molar-refractivity contribution in [2.24, 2.45) is 0 Å². The molecular formula is C21H23FN2O3. The molecule has 1 fully saturated rings. The Balaban J connectivity index is 1.69. The minimum Gasteiger partial charge on any atom is -0.496 e. The molecule has 0 aliphatic carbocycles. The van der Waals surface area contributed by atoms with Gasteiger partial charge in [0.1, 0.15) is 11.6 Å². The van der Waals surface area contributed by atoms with Crippen LogP contribution in [0.2, 0.25) is 0 Å². The first-order valence-electron chi connectivity index (χ1n) is 8.91. The van der Waals surface area contributed by atoms with E-state index < -0.39 is 5.82 Å². The van der Waals surface area contributed by atoms with Gasteiger partial charge < -0.3 is 14.5 Å². The van der Waals surface area contributed by atoms with Crippen LogP contribution in [-0.4, -0.2) is 54.9 Å². The Kier molecular flexibility index (Phi) is 5.44. The lowest BCUT2D eigenvalue weighted by atomic mass is 10.0. The van der Waals surface area contributed by atoms with E-state index in [1.165, 1.54) is 12.1 Å². The molecule has 142 valence electrons. The van der Waals surface area contributed by atoms with Crippen LogP contribution in [0.15, 0.2) is 36.4 Å². The monoisotopic (exact) mass is 370 g/mol. The molecule has 0 unspecified atom stereocenters. The smallest absolute Gasteiger partial charge is 0.256 e. The number of nitrogens with zero attached hydrogens (tertiary/aromatic N) is 2. The van der Waals surface area contributed by atoms with E-state index in [1.807, 2.05) is 13.8 Å². The number of carbonyl (C=O) groups excluding carboxylic acids is 2. The minimum atomic E-state index is -0.523. The van der Waals surface area contributed by atoms with Crippen LogP contribution < -0.4 is 4.74 Å². The Morgan fingerprint density at radius 1 is 0.852 bits per heavy atom. The summed E-state index contributed by atoms with van der Waals surface area (Å²) in [5, 5.41) is 0. The van der Waals surface area contributed by atoms with Crippen molar-refractivity contribution in [3.05, 3.63) is 64.5 Å². The number of amides is 2. The van der Waals surface area contributed by atoms with Gasteiger partial charge in [-0.25, -0.2) is 4.39 Å². The van der Waals surface area contributed by atoms with Crippen LogP contribution in [0.3, 0.4) is 0 Å². The fourth-order valence-electron chi connectivity index (χ4n) is 3.34. The number of halogens is 1. The molecule has 1 heterocycles. The molecule has 2 aromatic rings. The molecule has 0 saturated carbocycles. The minimum absolute atomic E-state index is 0.0590. The third kappa shape index (κ3) is 3.65. The maximum Gasteiger partial charge on any atom is 0.256 e. The highest BCUT2D eigenvalue weighted by Gasteiger charge is 2.27. The summed E-state index contributed by atoms with van der Waals surface area (Å²) in [5.74, 6) is -0.164. The molecule has 3 rings (SSSR count). The van der Waals surface area contributed by atoms with Gasteiger partial charge in [-0.3, -0.25) is 9.59 Å². The van der Waals surface area contributed by atoms with Crippen molar-refractivity contribution in [3.63, 3.8) is 0 Å². The summed E-state index contributed by atoms with van der Waals surface area (Å²) in [7, 11) is 1.61. The number of ether oxygens (including phenoxy) is 1. The second-order valence-electron chi connectivity index (χ2n) is 6.63. The fraction of sp³-hybridized carbons (Fsp3) is 0.333. The molecule has 0 spiro atoms.